The molecule has 10 nitrogen and oxygen atoms in total. The molecule has 0 bridgehead atoms. The molecule has 0 aliphatic rings. The average Bonchev–Trinajstić information content (AvgIpc) is 2.99. The van der Waals surface area contributed by atoms with Crippen LogP contribution in [0.3, 0.4) is 0 Å². The number of carbonyl (C=O) groups is 1. The number of thioether (sulfide) groups is 1. The number of hydrogen-bond acceptors (Lipinski definition) is 10. The van der Waals surface area contributed by atoms with Crippen LogP contribution in [-0.2, 0) is 19.6 Å². The minimum atomic E-state index is -4.20. The Morgan fingerprint density at radius 3 is 2.79 bits per heavy atom. The molecular formula is C11H10N4O6S3. The van der Waals surface area contributed by atoms with Crippen molar-refractivity contribution in [2.45, 2.75) is 9.24 Å². The molecule has 0 radical (unpaired) electrons. The number of esters is 1. The monoisotopic (exact) mass is 390 g/mol. The molecule has 1 aromatic heterocycles. The number of hydrogen-bond donors (Lipinski definition) is 1. The van der Waals surface area contributed by atoms with Gasteiger partial charge in [-0.3, -0.25) is 19.6 Å². The molecule has 1 heterocycles. The normalized spacial score (nSPS) is 11.0. The highest BCUT2D eigenvalue weighted by Gasteiger charge is 2.26. The van der Waals surface area contributed by atoms with Gasteiger partial charge in [0.15, 0.2) is 9.24 Å². The Balaban J connectivity index is 2.17. The predicted octanol–water partition coefficient (Wildman–Crippen LogP) is 1.51. The molecule has 0 fully saturated rings. The van der Waals surface area contributed by atoms with Crippen LogP contribution in [0.25, 0.3) is 0 Å². The predicted molar refractivity (Wildman–Crippen MR) is 86.6 cm³/mol. The maximum absolute atomic E-state index is 12.3. The number of nitro groups is 1. The smallest absolute Gasteiger partial charge is 0.316 e. The van der Waals surface area contributed by atoms with E-state index in [1.165, 1.54) is 19.2 Å². The Morgan fingerprint density at radius 2 is 2.12 bits per heavy atom. The fourth-order valence-electron chi connectivity index (χ4n) is 1.49. The number of nitro benzene ring substituents is 1. The minimum Gasteiger partial charge on any atom is -0.468 e. The number of aromatic nitrogens is 2. The van der Waals surface area contributed by atoms with E-state index >= 15 is 0 Å². The number of anilines is 1. The molecule has 0 spiro atoms. The number of ether oxygens (including phenoxy) is 1. The second-order valence-electron chi connectivity index (χ2n) is 4.07. The molecule has 2 rings (SSSR count). The minimum absolute atomic E-state index is 0.00202. The Morgan fingerprint density at radius 1 is 1.42 bits per heavy atom. The molecule has 13 heteroatoms. The van der Waals surface area contributed by atoms with Crippen molar-refractivity contribution in [2.75, 3.05) is 17.6 Å². The summed E-state index contributed by atoms with van der Waals surface area (Å²) in [6.07, 6.45) is 0. The zero-order valence-electron chi connectivity index (χ0n) is 12.0. The third-order valence-corrected chi connectivity index (χ3v) is 5.98. The number of rotatable bonds is 7. The van der Waals surface area contributed by atoms with Crippen molar-refractivity contribution in [2.24, 2.45) is 0 Å². The summed E-state index contributed by atoms with van der Waals surface area (Å²) in [6.45, 7) is 0. The van der Waals surface area contributed by atoms with E-state index in [0.29, 0.717) is 4.34 Å². The van der Waals surface area contributed by atoms with Gasteiger partial charge < -0.3 is 4.74 Å². The van der Waals surface area contributed by atoms with Crippen LogP contribution in [0.15, 0.2) is 33.5 Å². The quantitative estimate of drug-likeness (QED) is 0.322. The Kier molecular flexibility index (Phi) is 5.69. The first kappa shape index (κ1) is 18.1. The van der Waals surface area contributed by atoms with Crippen molar-refractivity contribution >= 4 is 49.9 Å². The fourth-order valence-corrected chi connectivity index (χ4v) is 4.48. The van der Waals surface area contributed by atoms with E-state index in [2.05, 4.69) is 19.7 Å². The fraction of sp³-hybridized carbons (Fsp3) is 0.182. The van der Waals surface area contributed by atoms with Crippen LogP contribution in [0.2, 0.25) is 0 Å². The van der Waals surface area contributed by atoms with Crippen LogP contribution < -0.4 is 4.72 Å². The lowest BCUT2D eigenvalue weighted by Gasteiger charge is -2.04. The van der Waals surface area contributed by atoms with E-state index in [1.807, 2.05) is 0 Å². The molecule has 2 aromatic rings. The van der Waals surface area contributed by atoms with Gasteiger partial charge in [-0.25, -0.2) is 8.42 Å². The van der Waals surface area contributed by atoms with Crippen molar-refractivity contribution in [3.05, 3.63) is 34.4 Å². The van der Waals surface area contributed by atoms with Crippen LogP contribution in [0.5, 0.6) is 0 Å². The van der Waals surface area contributed by atoms with Gasteiger partial charge in [-0.05, 0) is 6.07 Å². The summed E-state index contributed by atoms with van der Waals surface area (Å²) in [5.74, 6) is -0.459. The molecule has 128 valence electrons. The van der Waals surface area contributed by atoms with Crippen LogP contribution >= 0.6 is 23.1 Å². The van der Waals surface area contributed by atoms with Crippen molar-refractivity contribution in [3.8, 4) is 0 Å². The van der Waals surface area contributed by atoms with Gasteiger partial charge in [0.25, 0.3) is 15.7 Å². The van der Waals surface area contributed by atoms with Gasteiger partial charge in [-0.15, -0.1) is 10.2 Å². The van der Waals surface area contributed by atoms with Gasteiger partial charge in [0.1, 0.15) is 0 Å². The number of nitrogens with one attached hydrogen (secondary N) is 1. The summed E-state index contributed by atoms with van der Waals surface area (Å²) in [5, 5.41) is 18.2. The molecule has 24 heavy (non-hydrogen) atoms. The molecule has 0 unspecified atom stereocenters. The highest BCUT2D eigenvalue weighted by atomic mass is 32.2. The third-order valence-electron chi connectivity index (χ3n) is 2.52. The summed E-state index contributed by atoms with van der Waals surface area (Å²) in [7, 11) is -2.95. The van der Waals surface area contributed by atoms with Crippen molar-refractivity contribution in [1.82, 2.24) is 10.2 Å². The van der Waals surface area contributed by atoms with Crippen LogP contribution in [0.1, 0.15) is 0 Å². The second-order valence-corrected chi connectivity index (χ2v) is 7.92. The van der Waals surface area contributed by atoms with Crippen molar-refractivity contribution < 1.29 is 22.9 Å². The number of carbonyl (C=O) groups excluding carboxylic acids is 1. The van der Waals surface area contributed by atoms with Gasteiger partial charge in [-0.2, -0.15) is 0 Å². The van der Waals surface area contributed by atoms with E-state index in [9.17, 15) is 23.3 Å². The summed E-state index contributed by atoms with van der Waals surface area (Å²) in [6, 6.07) is 4.95. The Labute approximate surface area is 144 Å². The van der Waals surface area contributed by atoms with Crippen LogP contribution in [-0.4, -0.2) is 42.4 Å². The maximum Gasteiger partial charge on any atom is 0.316 e. The highest BCUT2D eigenvalue weighted by molar-refractivity contribution is 8.01. The van der Waals surface area contributed by atoms with Gasteiger partial charge in [-0.1, -0.05) is 35.2 Å². The maximum atomic E-state index is 12.3. The number of nitrogens with zero attached hydrogens (tertiary/aromatic N) is 3. The lowest BCUT2D eigenvalue weighted by molar-refractivity contribution is -0.387. The largest absolute Gasteiger partial charge is 0.468 e. The first-order chi connectivity index (χ1) is 11.3. The molecule has 0 atom stereocenters. The first-order valence-corrected chi connectivity index (χ1v) is 9.41. The average molecular weight is 390 g/mol. The topological polar surface area (TPSA) is 141 Å². The number of methoxy groups -OCH3 is 1. The lowest BCUT2D eigenvalue weighted by atomic mass is 10.3. The van der Waals surface area contributed by atoms with E-state index < -0.39 is 31.5 Å². The van der Waals surface area contributed by atoms with Gasteiger partial charge in [0.2, 0.25) is 5.13 Å². The Hall–Kier alpha value is -2.25. The van der Waals surface area contributed by atoms with Crippen molar-refractivity contribution in [3.63, 3.8) is 0 Å². The zero-order chi connectivity index (χ0) is 17.7. The van der Waals surface area contributed by atoms with Crippen LogP contribution in [0.4, 0.5) is 10.8 Å². The van der Waals surface area contributed by atoms with Crippen molar-refractivity contribution in [1.29, 1.82) is 0 Å². The number of benzene rings is 1. The zero-order valence-corrected chi connectivity index (χ0v) is 14.5. The van der Waals surface area contributed by atoms with E-state index in [-0.39, 0.29) is 10.9 Å². The van der Waals surface area contributed by atoms with Gasteiger partial charge >= 0.3 is 5.97 Å². The molecule has 0 saturated carbocycles. The molecule has 0 aliphatic heterocycles. The summed E-state index contributed by atoms with van der Waals surface area (Å²) >= 11 is 1.93. The van der Waals surface area contributed by atoms with Gasteiger partial charge in [0, 0.05) is 6.07 Å². The lowest BCUT2D eigenvalue weighted by Crippen LogP contribution is -2.14. The van der Waals surface area contributed by atoms with Gasteiger partial charge in [0.05, 0.1) is 17.8 Å². The van der Waals surface area contributed by atoms with E-state index in [0.717, 1.165) is 35.2 Å². The molecule has 1 aromatic carbocycles. The molecule has 0 saturated heterocycles. The standard InChI is InChI=1S/C11H10N4O6S3/c1-21-9(16)6-22-11-13-12-10(23-11)14-24(19,20)8-5-3-2-4-7(8)15(17)18/h2-5H,6H2,1H3,(H,12,14). The van der Waals surface area contributed by atoms with E-state index in [1.54, 1.807) is 0 Å². The SMILES string of the molecule is COC(=O)CSc1nnc(NS(=O)(=O)c2ccccc2[N+](=O)[O-])s1. The molecule has 0 aliphatic carbocycles. The Bertz CT molecular complexity index is 866. The molecule has 0 amide bonds. The number of sulfonamides is 1. The van der Waals surface area contributed by atoms with E-state index in [4.69, 9.17) is 0 Å². The summed E-state index contributed by atoms with van der Waals surface area (Å²) in [4.78, 5) is 20.7. The summed E-state index contributed by atoms with van der Waals surface area (Å²) in [5.41, 5.74) is -0.546. The summed E-state index contributed by atoms with van der Waals surface area (Å²) < 4.78 is 31.5. The first-order valence-electron chi connectivity index (χ1n) is 6.13. The molecule has 1 N–H and O–H groups in total. The second kappa shape index (κ2) is 7.55. The molecular weight excluding hydrogens is 380 g/mol. The highest BCUT2D eigenvalue weighted by Crippen LogP contribution is 2.29. The number of para-hydroxylation sites is 1. The third kappa shape index (κ3) is 4.39. The van der Waals surface area contributed by atoms with Crippen LogP contribution in [0, 0.1) is 10.1 Å².